The summed E-state index contributed by atoms with van der Waals surface area (Å²) in [5.41, 5.74) is 0. The summed E-state index contributed by atoms with van der Waals surface area (Å²) in [5, 5.41) is 9.49. The molecule has 0 aliphatic heterocycles. The molecule has 4 unspecified atom stereocenters. The molecule has 2 bridgehead atoms. The summed E-state index contributed by atoms with van der Waals surface area (Å²) in [4.78, 5) is 0.773. The van der Waals surface area contributed by atoms with E-state index in [4.69, 9.17) is 0 Å². The summed E-state index contributed by atoms with van der Waals surface area (Å²) in [6.07, 6.45) is 5.99. The molecule has 0 aromatic heterocycles. The number of allylic oxidation sites excluding steroid dienone is 2. The molecule has 1 aromatic carbocycles. The van der Waals surface area contributed by atoms with E-state index in [1.807, 2.05) is 30.3 Å². The van der Waals surface area contributed by atoms with E-state index in [1.165, 1.54) is 0 Å². The normalized spacial score (nSPS) is 35.7. The Morgan fingerprint density at radius 3 is 2.59 bits per heavy atom. The highest BCUT2D eigenvalue weighted by atomic mass is 32.2. The van der Waals surface area contributed by atoms with Gasteiger partial charge in [0.25, 0.3) is 0 Å². The Balaban J connectivity index is 2.01. The van der Waals surface area contributed by atoms with Crippen LogP contribution in [0.3, 0.4) is 0 Å². The van der Waals surface area contributed by atoms with Crippen molar-refractivity contribution in [3.63, 3.8) is 0 Å². The van der Waals surface area contributed by atoms with Crippen molar-refractivity contribution in [3.05, 3.63) is 42.5 Å². The van der Waals surface area contributed by atoms with E-state index in [1.54, 1.807) is 0 Å². The molecular formula is C14H13NOS. The molecule has 3 rings (SSSR count). The molecule has 1 fully saturated rings. The van der Waals surface area contributed by atoms with E-state index in [0.29, 0.717) is 5.92 Å². The maximum absolute atomic E-state index is 12.6. The summed E-state index contributed by atoms with van der Waals surface area (Å²) >= 11 is 0. The van der Waals surface area contributed by atoms with Crippen LogP contribution in [-0.2, 0) is 10.8 Å². The Morgan fingerprint density at radius 1 is 1.29 bits per heavy atom. The third-order valence-electron chi connectivity index (χ3n) is 3.81. The fraction of sp³-hybridized carbons (Fsp3) is 0.357. The first kappa shape index (κ1) is 10.7. The second-order valence-electron chi connectivity index (χ2n) is 4.77. The van der Waals surface area contributed by atoms with Gasteiger partial charge in [0, 0.05) is 10.8 Å². The van der Waals surface area contributed by atoms with Gasteiger partial charge >= 0.3 is 0 Å². The van der Waals surface area contributed by atoms with Crippen molar-refractivity contribution in [1.29, 1.82) is 5.26 Å². The maximum Gasteiger partial charge on any atom is 0.143 e. The first-order chi connectivity index (χ1) is 8.26. The molecule has 1 aromatic rings. The SMILES string of the molecule is N#CC1(S(=O)c2ccccc2)CC2C=CC1C2. The van der Waals surface area contributed by atoms with Crippen LogP contribution >= 0.6 is 0 Å². The van der Waals surface area contributed by atoms with Gasteiger partial charge in [-0.2, -0.15) is 5.26 Å². The van der Waals surface area contributed by atoms with Crippen LogP contribution in [0.25, 0.3) is 0 Å². The average Bonchev–Trinajstić information content (AvgIpc) is 2.99. The zero-order valence-electron chi connectivity index (χ0n) is 9.37. The predicted molar refractivity (Wildman–Crippen MR) is 66.5 cm³/mol. The summed E-state index contributed by atoms with van der Waals surface area (Å²) in [6, 6.07) is 11.7. The Bertz CT molecular complexity index is 531. The summed E-state index contributed by atoms with van der Waals surface area (Å²) in [5.74, 6) is 0.617. The molecular weight excluding hydrogens is 230 g/mol. The number of nitrogens with zero attached hydrogens (tertiary/aromatic N) is 1. The first-order valence-electron chi connectivity index (χ1n) is 5.83. The molecule has 3 heteroatoms. The third-order valence-corrected chi connectivity index (χ3v) is 5.74. The maximum atomic E-state index is 12.6. The lowest BCUT2D eigenvalue weighted by molar-refractivity contribution is 0.573. The molecule has 0 amide bonds. The number of fused-ring (bicyclic) bond motifs is 2. The summed E-state index contributed by atoms with van der Waals surface area (Å²) < 4.78 is 12.0. The number of rotatable bonds is 2. The summed E-state index contributed by atoms with van der Waals surface area (Å²) in [6.45, 7) is 0. The molecule has 0 radical (unpaired) electrons. The molecule has 2 nitrogen and oxygen atoms in total. The predicted octanol–water partition coefficient (Wildman–Crippen LogP) is 2.65. The van der Waals surface area contributed by atoms with Gasteiger partial charge in [0.15, 0.2) is 0 Å². The van der Waals surface area contributed by atoms with Crippen LogP contribution < -0.4 is 0 Å². The van der Waals surface area contributed by atoms with Crippen LogP contribution in [0.4, 0.5) is 0 Å². The molecule has 0 heterocycles. The molecule has 2 aliphatic rings. The van der Waals surface area contributed by atoms with Gasteiger partial charge in [0.1, 0.15) is 4.75 Å². The minimum absolute atomic E-state index is 0.165. The molecule has 86 valence electrons. The van der Waals surface area contributed by atoms with Gasteiger partial charge in [-0.25, -0.2) is 0 Å². The van der Waals surface area contributed by atoms with Crippen molar-refractivity contribution >= 4 is 10.8 Å². The standard InChI is InChI=1S/C14H13NOS/c15-10-14(9-11-6-7-12(14)8-11)17(16)13-4-2-1-3-5-13/h1-7,11-12H,8-9H2. The number of hydrogen-bond donors (Lipinski definition) is 0. The van der Waals surface area contributed by atoms with E-state index in [9.17, 15) is 9.47 Å². The molecule has 4 atom stereocenters. The van der Waals surface area contributed by atoms with Crippen LogP contribution in [0.5, 0.6) is 0 Å². The zero-order chi connectivity index (χ0) is 11.9. The van der Waals surface area contributed by atoms with Crippen LogP contribution in [0.1, 0.15) is 12.8 Å². The smallest absolute Gasteiger partial charge is 0.143 e. The monoisotopic (exact) mass is 243 g/mol. The van der Waals surface area contributed by atoms with E-state index in [-0.39, 0.29) is 5.92 Å². The fourth-order valence-electron chi connectivity index (χ4n) is 2.95. The fourth-order valence-corrected chi connectivity index (χ4v) is 4.67. The molecule has 0 saturated heterocycles. The van der Waals surface area contributed by atoms with Crippen LogP contribution in [0.15, 0.2) is 47.4 Å². The minimum Gasteiger partial charge on any atom is -0.253 e. The average molecular weight is 243 g/mol. The van der Waals surface area contributed by atoms with E-state index in [0.717, 1.165) is 17.7 Å². The lowest BCUT2D eigenvalue weighted by Gasteiger charge is -2.27. The summed E-state index contributed by atoms with van der Waals surface area (Å²) in [7, 11) is -1.23. The van der Waals surface area contributed by atoms with Crippen molar-refractivity contribution in [2.45, 2.75) is 22.5 Å². The Morgan fingerprint density at radius 2 is 2.06 bits per heavy atom. The molecule has 1 saturated carbocycles. The lowest BCUT2D eigenvalue weighted by atomic mass is 9.94. The van der Waals surface area contributed by atoms with Crippen molar-refractivity contribution < 1.29 is 4.21 Å². The van der Waals surface area contributed by atoms with Crippen molar-refractivity contribution in [2.75, 3.05) is 0 Å². The molecule has 2 aliphatic carbocycles. The second kappa shape index (κ2) is 3.82. The Hall–Kier alpha value is -1.40. The lowest BCUT2D eigenvalue weighted by Crippen LogP contribution is -2.37. The topological polar surface area (TPSA) is 40.9 Å². The zero-order valence-corrected chi connectivity index (χ0v) is 10.2. The van der Waals surface area contributed by atoms with Crippen molar-refractivity contribution in [3.8, 4) is 6.07 Å². The van der Waals surface area contributed by atoms with E-state index < -0.39 is 15.5 Å². The molecule has 0 spiro atoms. The van der Waals surface area contributed by atoms with Gasteiger partial charge in [-0.3, -0.25) is 4.21 Å². The largest absolute Gasteiger partial charge is 0.253 e. The molecule has 17 heavy (non-hydrogen) atoms. The van der Waals surface area contributed by atoms with Crippen LogP contribution in [0.2, 0.25) is 0 Å². The van der Waals surface area contributed by atoms with Crippen molar-refractivity contribution in [2.24, 2.45) is 11.8 Å². The van der Waals surface area contributed by atoms with Crippen LogP contribution in [-0.4, -0.2) is 8.96 Å². The minimum atomic E-state index is -1.23. The van der Waals surface area contributed by atoms with Gasteiger partial charge < -0.3 is 0 Å². The highest BCUT2D eigenvalue weighted by Crippen LogP contribution is 2.50. The Labute approximate surface area is 103 Å². The highest BCUT2D eigenvalue weighted by Gasteiger charge is 2.53. The van der Waals surface area contributed by atoms with E-state index in [2.05, 4.69) is 18.2 Å². The van der Waals surface area contributed by atoms with Gasteiger partial charge in [-0.05, 0) is 30.9 Å². The molecule has 0 N–H and O–H groups in total. The van der Waals surface area contributed by atoms with Crippen LogP contribution in [0, 0.1) is 23.2 Å². The van der Waals surface area contributed by atoms with Gasteiger partial charge in [0.2, 0.25) is 0 Å². The third kappa shape index (κ3) is 1.48. The van der Waals surface area contributed by atoms with Gasteiger partial charge in [0.05, 0.1) is 16.9 Å². The van der Waals surface area contributed by atoms with E-state index >= 15 is 0 Å². The quantitative estimate of drug-likeness (QED) is 0.749. The number of benzene rings is 1. The van der Waals surface area contributed by atoms with Gasteiger partial charge in [-0.15, -0.1) is 0 Å². The highest BCUT2D eigenvalue weighted by molar-refractivity contribution is 7.86. The number of hydrogen-bond acceptors (Lipinski definition) is 2. The van der Waals surface area contributed by atoms with Crippen molar-refractivity contribution in [1.82, 2.24) is 0 Å². The number of nitriles is 1. The first-order valence-corrected chi connectivity index (χ1v) is 6.98. The second-order valence-corrected chi connectivity index (χ2v) is 6.51. The Kier molecular flexibility index (Phi) is 2.41. The van der Waals surface area contributed by atoms with Gasteiger partial charge in [-0.1, -0.05) is 30.4 Å².